The van der Waals surface area contributed by atoms with Crippen LogP contribution >= 0.6 is 11.3 Å². The molecule has 2 aliphatic rings. The molecular weight excluding hydrogens is 366 g/mol. The van der Waals surface area contributed by atoms with E-state index in [4.69, 9.17) is 4.74 Å². The molecule has 7 nitrogen and oxygen atoms in total. The maximum atomic E-state index is 12.9. The van der Waals surface area contributed by atoms with E-state index in [1.807, 2.05) is 24.9 Å². The molecule has 0 radical (unpaired) electrons. The number of fused-ring (bicyclic) bond motifs is 2. The van der Waals surface area contributed by atoms with E-state index in [1.165, 1.54) is 11.3 Å². The molecule has 144 valence electrons. The first-order valence-electron chi connectivity index (χ1n) is 9.19. The first-order chi connectivity index (χ1) is 12.9. The summed E-state index contributed by atoms with van der Waals surface area (Å²) < 4.78 is 7.87. The minimum absolute atomic E-state index is 0.0568. The number of hydrogen-bond donors (Lipinski definition) is 1. The van der Waals surface area contributed by atoms with Crippen molar-refractivity contribution in [2.24, 2.45) is 0 Å². The Kier molecular flexibility index (Phi) is 4.55. The number of hydrogen-bond acceptors (Lipinski definition) is 5. The molecule has 8 heteroatoms. The van der Waals surface area contributed by atoms with Gasteiger partial charge in [0, 0.05) is 24.2 Å². The van der Waals surface area contributed by atoms with Gasteiger partial charge in [0.15, 0.2) is 0 Å². The van der Waals surface area contributed by atoms with Crippen LogP contribution in [-0.4, -0.2) is 51.4 Å². The lowest BCUT2D eigenvalue weighted by molar-refractivity contribution is -0.143. The van der Waals surface area contributed by atoms with Crippen molar-refractivity contribution in [2.75, 3.05) is 19.7 Å². The number of rotatable bonds is 3. The average molecular weight is 389 g/mol. The largest absolute Gasteiger partial charge is 0.477 e. The van der Waals surface area contributed by atoms with E-state index < -0.39 is 11.6 Å². The molecule has 1 atom stereocenters. The Morgan fingerprint density at radius 2 is 2.11 bits per heavy atom. The van der Waals surface area contributed by atoms with Crippen molar-refractivity contribution < 1.29 is 19.4 Å². The number of aromatic nitrogens is 2. The van der Waals surface area contributed by atoms with Crippen LogP contribution in [0.3, 0.4) is 0 Å². The number of aryl methyl sites for hydroxylation is 1. The number of carboxylic acids is 1. The Morgan fingerprint density at radius 3 is 2.74 bits per heavy atom. The maximum Gasteiger partial charge on any atom is 0.345 e. The van der Waals surface area contributed by atoms with Crippen LogP contribution in [0.25, 0.3) is 0 Å². The molecule has 1 amide bonds. The molecule has 1 saturated heterocycles. The highest BCUT2D eigenvalue weighted by molar-refractivity contribution is 7.14. The number of carbonyl (C=O) groups is 2. The molecule has 2 aromatic heterocycles. The summed E-state index contributed by atoms with van der Waals surface area (Å²) in [6.45, 7) is 5.62. The van der Waals surface area contributed by atoms with Crippen molar-refractivity contribution >= 4 is 23.2 Å². The van der Waals surface area contributed by atoms with Gasteiger partial charge in [0.2, 0.25) is 5.91 Å². The lowest BCUT2D eigenvalue weighted by atomic mass is 9.85. The Bertz CT molecular complexity index is 879. The molecule has 1 unspecified atom stereocenters. The number of piperidine rings is 1. The van der Waals surface area contributed by atoms with E-state index in [0.29, 0.717) is 37.4 Å². The Balaban J connectivity index is 1.49. The van der Waals surface area contributed by atoms with E-state index >= 15 is 0 Å². The molecule has 1 fully saturated rings. The zero-order valence-corrected chi connectivity index (χ0v) is 16.3. The lowest BCUT2D eigenvalue weighted by Crippen LogP contribution is -2.49. The minimum Gasteiger partial charge on any atom is -0.477 e. The van der Waals surface area contributed by atoms with Crippen LogP contribution in [-0.2, 0) is 21.6 Å². The third kappa shape index (κ3) is 3.17. The third-order valence-electron chi connectivity index (χ3n) is 5.55. The van der Waals surface area contributed by atoms with Gasteiger partial charge >= 0.3 is 5.97 Å². The lowest BCUT2D eigenvalue weighted by Gasteiger charge is -2.44. The number of ether oxygens (including phenoxy) is 1. The molecule has 27 heavy (non-hydrogen) atoms. The standard InChI is InChI=1S/C19H23N3O4S/c1-12-10-20-22(11-12)13(2)17(23)21-6-4-19(5-7-21)16-14(3-8-26-19)9-15(27-16)18(24)25/h9-11,13H,3-8H2,1-2H3,(H,24,25). The van der Waals surface area contributed by atoms with Gasteiger partial charge in [0.05, 0.1) is 12.8 Å². The van der Waals surface area contributed by atoms with Crippen LogP contribution in [0.15, 0.2) is 18.5 Å². The zero-order chi connectivity index (χ0) is 19.2. The first kappa shape index (κ1) is 18.2. The van der Waals surface area contributed by atoms with Gasteiger partial charge in [0.1, 0.15) is 16.5 Å². The quantitative estimate of drug-likeness (QED) is 0.872. The Labute approximate surface area is 161 Å². The Hall–Kier alpha value is -2.19. The number of amides is 1. The summed E-state index contributed by atoms with van der Waals surface area (Å²) >= 11 is 1.32. The summed E-state index contributed by atoms with van der Waals surface area (Å²) in [4.78, 5) is 27.5. The molecular formula is C19H23N3O4S. The smallest absolute Gasteiger partial charge is 0.345 e. The second-order valence-electron chi connectivity index (χ2n) is 7.36. The van der Waals surface area contributed by atoms with E-state index in [9.17, 15) is 14.7 Å². The number of carbonyl (C=O) groups excluding carboxylic acids is 1. The molecule has 0 bridgehead atoms. The number of likely N-dealkylation sites (tertiary alicyclic amines) is 1. The predicted molar refractivity (Wildman–Crippen MR) is 100 cm³/mol. The molecule has 0 aromatic carbocycles. The molecule has 2 aromatic rings. The van der Waals surface area contributed by atoms with Gasteiger partial charge < -0.3 is 14.7 Å². The van der Waals surface area contributed by atoms with Gasteiger partial charge in [-0.2, -0.15) is 5.10 Å². The first-order valence-corrected chi connectivity index (χ1v) is 10.0. The molecule has 2 aliphatic heterocycles. The molecule has 0 saturated carbocycles. The fourth-order valence-electron chi connectivity index (χ4n) is 4.01. The van der Waals surface area contributed by atoms with Crippen molar-refractivity contribution in [1.82, 2.24) is 14.7 Å². The molecule has 1 N–H and O–H groups in total. The van der Waals surface area contributed by atoms with Crippen molar-refractivity contribution in [2.45, 2.75) is 44.8 Å². The average Bonchev–Trinajstić information content (AvgIpc) is 3.29. The SMILES string of the molecule is Cc1cnn(C(C)C(=O)N2CCC3(CC2)OCCc2cc(C(=O)O)sc23)c1. The number of nitrogens with zero attached hydrogens (tertiary/aromatic N) is 3. The van der Waals surface area contributed by atoms with E-state index in [2.05, 4.69) is 5.10 Å². The number of aromatic carboxylic acids is 1. The van der Waals surface area contributed by atoms with Crippen LogP contribution in [0, 0.1) is 6.92 Å². The van der Waals surface area contributed by atoms with Crippen LogP contribution in [0.2, 0.25) is 0 Å². The van der Waals surface area contributed by atoms with Gasteiger partial charge in [-0.05, 0) is 50.3 Å². The summed E-state index contributed by atoms with van der Waals surface area (Å²) in [6, 6.07) is 1.45. The van der Waals surface area contributed by atoms with Gasteiger partial charge in [0.25, 0.3) is 0 Å². The van der Waals surface area contributed by atoms with E-state index in [1.54, 1.807) is 16.9 Å². The second-order valence-corrected chi connectivity index (χ2v) is 8.41. The molecule has 0 aliphatic carbocycles. The summed E-state index contributed by atoms with van der Waals surface area (Å²) in [7, 11) is 0. The fourth-order valence-corrected chi connectivity index (χ4v) is 5.26. The highest BCUT2D eigenvalue weighted by atomic mass is 32.1. The van der Waals surface area contributed by atoms with Crippen LogP contribution in [0.5, 0.6) is 0 Å². The number of carboxylic acid groups (broad SMARTS) is 1. The molecule has 1 spiro atoms. The maximum absolute atomic E-state index is 12.9. The second kappa shape index (κ2) is 6.76. The molecule has 4 rings (SSSR count). The summed E-state index contributed by atoms with van der Waals surface area (Å²) in [5, 5.41) is 13.6. The van der Waals surface area contributed by atoms with Crippen LogP contribution < -0.4 is 0 Å². The monoisotopic (exact) mass is 389 g/mol. The normalized spacial score (nSPS) is 19.7. The predicted octanol–water partition coefficient (Wildman–Crippen LogP) is 2.60. The minimum atomic E-state index is -0.888. The van der Waals surface area contributed by atoms with Crippen molar-refractivity contribution in [1.29, 1.82) is 0 Å². The zero-order valence-electron chi connectivity index (χ0n) is 15.5. The Morgan fingerprint density at radius 1 is 1.37 bits per heavy atom. The highest BCUT2D eigenvalue weighted by Crippen LogP contribution is 2.45. The summed E-state index contributed by atoms with van der Waals surface area (Å²) in [6.07, 6.45) is 5.76. The van der Waals surface area contributed by atoms with Gasteiger partial charge in [-0.1, -0.05) is 0 Å². The van der Waals surface area contributed by atoms with Crippen molar-refractivity contribution in [3.05, 3.63) is 39.3 Å². The summed E-state index contributed by atoms with van der Waals surface area (Å²) in [5.41, 5.74) is 1.67. The van der Waals surface area contributed by atoms with Crippen molar-refractivity contribution in [3.8, 4) is 0 Å². The van der Waals surface area contributed by atoms with Gasteiger partial charge in [-0.15, -0.1) is 11.3 Å². The van der Waals surface area contributed by atoms with Gasteiger partial charge in [-0.25, -0.2) is 4.79 Å². The molecule has 4 heterocycles. The topological polar surface area (TPSA) is 84.7 Å². The van der Waals surface area contributed by atoms with E-state index in [0.717, 1.165) is 22.4 Å². The highest BCUT2D eigenvalue weighted by Gasteiger charge is 2.44. The van der Waals surface area contributed by atoms with Crippen LogP contribution in [0.1, 0.15) is 51.5 Å². The summed E-state index contributed by atoms with van der Waals surface area (Å²) in [5.74, 6) is -0.832. The number of thiophene rings is 1. The van der Waals surface area contributed by atoms with Crippen LogP contribution in [0.4, 0.5) is 0 Å². The van der Waals surface area contributed by atoms with E-state index in [-0.39, 0.29) is 11.9 Å². The fraction of sp³-hybridized carbons (Fsp3) is 0.526. The van der Waals surface area contributed by atoms with Gasteiger partial charge in [-0.3, -0.25) is 9.48 Å². The third-order valence-corrected chi connectivity index (χ3v) is 6.90. The van der Waals surface area contributed by atoms with Crippen molar-refractivity contribution in [3.63, 3.8) is 0 Å².